The fraction of sp³-hybridized carbons (Fsp3) is 0.500. The molecule has 0 fully saturated rings. The molecule has 0 heterocycles. The maximum atomic E-state index is 12.4. The van der Waals surface area contributed by atoms with Crippen LogP contribution in [-0.2, 0) is 23.1 Å². The number of rotatable bonds is 9. The molecule has 0 bridgehead atoms. The summed E-state index contributed by atoms with van der Waals surface area (Å²) in [6.45, 7) is 5.35. The number of carbonyl (C=O) groups is 1. The molecule has 0 aromatic carbocycles. The van der Waals surface area contributed by atoms with Gasteiger partial charge in [-0.15, -0.1) is 6.42 Å². The molecule has 20 heavy (non-hydrogen) atoms. The van der Waals surface area contributed by atoms with Crippen molar-refractivity contribution >= 4 is 13.6 Å². The third-order valence-corrected chi connectivity index (χ3v) is 3.80. The lowest BCUT2D eigenvalue weighted by atomic mass is 10.4. The quantitative estimate of drug-likeness (QED) is 0.283. The zero-order valence-corrected chi connectivity index (χ0v) is 13.0. The van der Waals surface area contributed by atoms with Crippen LogP contribution in [0.1, 0.15) is 20.8 Å². The van der Waals surface area contributed by atoms with E-state index in [2.05, 4.69) is 5.92 Å². The van der Waals surface area contributed by atoms with Gasteiger partial charge in [0.2, 0.25) is 0 Å². The second-order valence-corrected chi connectivity index (χ2v) is 5.85. The Hall–Kier alpha value is -1.34. The molecule has 0 saturated carbocycles. The van der Waals surface area contributed by atoms with Crippen LogP contribution in [0.15, 0.2) is 24.3 Å². The summed E-state index contributed by atoms with van der Waals surface area (Å²) in [4.78, 5) is 11.6. The Morgan fingerprint density at radius 1 is 1.25 bits per heavy atom. The Morgan fingerprint density at radius 3 is 2.15 bits per heavy atom. The van der Waals surface area contributed by atoms with Crippen molar-refractivity contribution in [3.8, 4) is 12.3 Å². The number of allylic oxidation sites excluding steroid dienone is 2. The first-order chi connectivity index (χ1) is 9.47. The van der Waals surface area contributed by atoms with Crippen LogP contribution in [0.2, 0.25) is 0 Å². The Bertz CT molecular complexity index is 413. The first-order valence-electron chi connectivity index (χ1n) is 6.23. The molecule has 112 valence electrons. The summed E-state index contributed by atoms with van der Waals surface area (Å²) >= 11 is 0. The van der Waals surface area contributed by atoms with E-state index >= 15 is 0 Å². The van der Waals surface area contributed by atoms with Gasteiger partial charge in [0, 0.05) is 0 Å². The zero-order valence-electron chi connectivity index (χ0n) is 12.1. The number of ether oxygens (including phenoxy) is 1. The molecule has 0 aliphatic carbocycles. The Kier molecular flexibility index (Phi) is 9.75. The summed E-state index contributed by atoms with van der Waals surface area (Å²) in [5.41, 5.74) is 0. The molecule has 0 amide bonds. The van der Waals surface area contributed by atoms with E-state index in [-0.39, 0.29) is 13.2 Å². The van der Waals surface area contributed by atoms with Crippen molar-refractivity contribution in [1.82, 2.24) is 0 Å². The van der Waals surface area contributed by atoms with E-state index in [1.54, 1.807) is 45.1 Å². The lowest BCUT2D eigenvalue weighted by Gasteiger charge is -2.17. The standard InChI is InChI=1S/C14H21O5P/c1-5-8-10-17-20(16,18-11-9-6-2)12-14(15)19-13(4)7-3/h3,5-6,8-9,13H,10-12H2,1-2,4H3. The molecule has 0 rings (SSSR count). The van der Waals surface area contributed by atoms with Crippen molar-refractivity contribution in [3.05, 3.63) is 24.3 Å². The first kappa shape index (κ1) is 18.7. The van der Waals surface area contributed by atoms with E-state index in [1.165, 1.54) is 0 Å². The summed E-state index contributed by atoms with van der Waals surface area (Å²) in [7, 11) is -3.55. The predicted molar refractivity (Wildman–Crippen MR) is 78.4 cm³/mol. The molecule has 0 radical (unpaired) electrons. The van der Waals surface area contributed by atoms with Crippen molar-refractivity contribution in [2.45, 2.75) is 26.9 Å². The number of hydrogen-bond donors (Lipinski definition) is 0. The molecule has 0 saturated heterocycles. The fourth-order valence-corrected chi connectivity index (χ4v) is 2.34. The summed E-state index contributed by atoms with van der Waals surface area (Å²) in [6, 6.07) is 0. The number of carbonyl (C=O) groups excluding carboxylic acids is 1. The molecular formula is C14H21O5P. The van der Waals surface area contributed by atoms with E-state index in [9.17, 15) is 9.36 Å². The zero-order chi connectivity index (χ0) is 15.4. The highest BCUT2D eigenvalue weighted by Gasteiger charge is 2.29. The van der Waals surface area contributed by atoms with Crippen molar-refractivity contribution < 1.29 is 23.1 Å². The minimum atomic E-state index is -3.55. The topological polar surface area (TPSA) is 61.8 Å². The summed E-state index contributed by atoms with van der Waals surface area (Å²) in [6.07, 6.45) is 10.8. The largest absolute Gasteiger partial charge is 0.449 e. The molecule has 6 heteroatoms. The van der Waals surface area contributed by atoms with Gasteiger partial charge in [0.05, 0.1) is 13.2 Å². The predicted octanol–water partition coefficient (Wildman–Crippen LogP) is 2.93. The summed E-state index contributed by atoms with van der Waals surface area (Å²) in [5.74, 6) is 1.54. The Labute approximate surface area is 120 Å². The average Bonchev–Trinajstić information content (AvgIpc) is 2.39. The van der Waals surface area contributed by atoms with Gasteiger partial charge in [-0.25, -0.2) is 0 Å². The number of hydrogen-bond acceptors (Lipinski definition) is 5. The van der Waals surface area contributed by atoms with Gasteiger partial charge in [0.1, 0.15) is 6.16 Å². The van der Waals surface area contributed by atoms with E-state index in [4.69, 9.17) is 20.2 Å². The van der Waals surface area contributed by atoms with Gasteiger partial charge in [0.15, 0.2) is 6.10 Å². The highest BCUT2D eigenvalue weighted by molar-refractivity contribution is 7.54. The van der Waals surface area contributed by atoms with Gasteiger partial charge in [0.25, 0.3) is 0 Å². The van der Waals surface area contributed by atoms with E-state index in [0.29, 0.717) is 0 Å². The minimum absolute atomic E-state index is 0.0988. The van der Waals surface area contributed by atoms with Crippen LogP contribution in [0.5, 0.6) is 0 Å². The maximum Gasteiger partial charge on any atom is 0.342 e. The van der Waals surface area contributed by atoms with Gasteiger partial charge in [-0.05, 0) is 20.8 Å². The average molecular weight is 300 g/mol. The third kappa shape index (κ3) is 8.71. The van der Waals surface area contributed by atoms with Gasteiger partial charge in [-0.1, -0.05) is 30.2 Å². The molecule has 1 unspecified atom stereocenters. The lowest BCUT2D eigenvalue weighted by Crippen LogP contribution is -2.18. The van der Waals surface area contributed by atoms with E-state index in [1.807, 2.05) is 0 Å². The van der Waals surface area contributed by atoms with Crippen LogP contribution in [0, 0.1) is 12.3 Å². The molecule has 0 N–H and O–H groups in total. The third-order valence-electron chi connectivity index (χ3n) is 2.07. The SMILES string of the molecule is C#CC(C)OC(=O)CP(=O)(OCC=CC)OCC=CC. The first-order valence-corrected chi connectivity index (χ1v) is 7.96. The Morgan fingerprint density at radius 2 is 1.75 bits per heavy atom. The summed E-state index contributed by atoms with van der Waals surface area (Å²) < 4.78 is 27.6. The smallest absolute Gasteiger partial charge is 0.342 e. The van der Waals surface area contributed by atoms with Gasteiger partial charge in [-0.2, -0.15) is 0 Å². The molecule has 5 nitrogen and oxygen atoms in total. The number of esters is 1. The second kappa shape index (κ2) is 10.4. The van der Waals surface area contributed by atoms with Crippen LogP contribution in [0.3, 0.4) is 0 Å². The molecule has 1 atom stereocenters. The van der Waals surface area contributed by atoms with Crippen LogP contribution in [0.4, 0.5) is 0 Å². The molecule has 0 aromatic rings. The molecule has 0 spiro atoms. The van der Waals surface area contributed by atoms with E-state index in [0.717, 1.165) is 0 Å². The van der Waals surface area contributed by atoms with Crippen LogP contribution >= 0.6 is 7.60 Å². The van der Waals surface area contributed by atoms with Crippen molar-refractivity contribution in [2.24, 2.45) is 0 Å². The monoisotopic (exact) mass is 300 g/mol. The van der Waals surface area contributed by atoms with Crippen LogP contribution < -0.4 is 0 Å². The minimum Gasteiger partial charge on any atom is -0.449 e. The number of terminal acetylenes is 1. The molecule has 0 aliphatic rings. The normalized spacial score (nSPS) is 15.9. The molecule has 0 aromatic heterocycles. The fourth-order valence-electron chi connectivity index (χ4n) is 1.06. The lowest BCUT2D eigenvalue weighted by molar-refractivity contribution is -0.142. The molecule has 0 aliphatic heterocycles. The second-order valence-electron chi connectivity index (χ2n) is 3.80. The maximum absolute atomic E-state index is 12.4. The summed E-state index contributed by atoms with van der Waals surface area (Å²) in [5, 5.41) is 0. The van der Waals surface area contributed by atoms with Crippen molar-refractivity contribution in [1.29, 1.82) is 0 Å². The Balaban J connectivity index is 4.62. The van der Waals surface area contributed by atoms with E-state index < -0.39 is 25.8 Å². The van der Waals surface area contributed by atoms with Gasteiger partial charge < -0.3 is 13.8 Å². The molecular weight excluding hydrogens is 279 g/mol. The van der Waals surface area contributed by atoms with Gasteiger partial charge >= 0.3 is 13.6 Å². The van der Waals surface area contributed by atoms with Crippen LogP contribution in [-0.4, -0.2) is 31.4 Å². The highest BCUT2D eigenvalue weighted by Crippen LogP contribution is 2.48. The van der Waals surface area contributed by atoms with Gasteiger partial charge in [-0.3, -0.25) is 9.36 Å². The van der Waals surface area contributed by atoms with Crippen molar-refractivity contribution in [3.63, 3.8) is 0 Å². The van der Waals surface area contributed by atoms with Crippen molar-refractivity contribution in [2.75, 3.05) is 19.4 Å². The van der Waals surface area contributed by atoms with Crippen LogP contribution in [0.25, 0.3) is 0 Å². The highest BCUT2D eigenvalue weighted by atomic mass is 31.2.